The summed E-state index contributed by atoms with van der Waals surface area (Å²) in [4.78, 5) is 11.4. The number of carbonyl (C=O) groups excluding carboxylic acids is 1. The molecule has 0 aromatic heterocycles. The van der Waals surface area contributed by atoms with E-state index in [9.17, 15) is 4.79 Å². The molecule has 92 valence electrons. The van der Waals surface area contributed by atoms with Crippen LogP contribution in [0.1, 0.15) is 35.3 Å². The highest BCUT2D eigenvalue weighted by Gasteiger charge is 2.22. The van der Waals surface area contributed by atoms with Gasteiger partial charge in [0.25, 0.3) is 0 Å². The third-order valence-electron chi connectivity index (χ3n) is 3.20. The van der Waals surface area contributed by atoms with Crippen molar-refractivity contribution in [2.75, 3.05) is 13.7 Å². The van der Waals surface area contributed by atoms with Gasteiger partial charge in [-0.05, 0) is 37.0 Å². The van der Waals surface area contributed by atoms with E-state index in [-0.39, 0.29) is 12.1 Å². The molecule has 1 aromatic carbocycles. The van der Waals surface area contributed by atoms with Crippen molar-refractivity contribution < 1.29 is 14.3 Å². The summed E-state index contributed by atoms with van der Waals surface area (Å²) in [5, 5.41) is 0. The minimum Gasteiger partial charge on any atom is -0.469 e. The van der Waals surface area contributed by atoms with Crippen LogP contribution in [0.15, 0.2) is 12.1 Å². The Bertz CT molecular complexity index is 437. The second-order valence-electron chi connectivity index (χ2n) is 4.51. The van der Waals surface area contributed by atoms with Gasteiger partial charge >= 0.3 is 5.97 Å². The summed E-state index contributed by atoms with van der Waals surface area (Å²) in [6.45, 7) is 4.85. The molecular weight excluding hydrogens is 216 g/mol. The average molecular weight is 234 g/mol. The summed E-state index contributed by atoms with van der Waals surface area (Å²) >= 11 is 0. The first-order valence-corrected chi connectivity index (χ1v) is 5.92. The van der Waals surface area contributed by atoms with E-state index >= 15 is 0 Å². The molecule has 0 bridgehead atoms. The molecule has 3 nitrogen and oxygen atoms in total. The molecule has 1 heterocycles. The maximum atomic E-state index is 11.4. The smallest absolute Gasteiger partial charge is 0.309 e. The molecule has 0 radical (unpaired) electrons. The van der Waals surface area contributed by atoms with Gasteiger partial charge in [-0.25, -0.2) is 0 Å². The van der Waals surface area contributed by atoms with E-state index in [0.717, 1.165) is 18.6 Å². The van der Waals surface area contributed by atoms with Gasteiger partial charge in [-0.1, -0.05) is 17.7 Å². The standard InChI is InChI=1S/C14H18O3/c1-9-6-11-4-5-17-10(2)14(11)12(7-9)8-13(15)16-3/h6-7,10H,4-5,8H2,1-3H3/t10-/m0/s1. The van der Waals surface area contributed by atoms with Crippen LogP contribution in [0.25, 0.3) is 0 Å². The number of esters is 1. The zero-order valence-electron chi connectivity index (χ0n) is 10.6. The number of methoxy groups -OCH3 is 1. The van der Waals surface area contributed by atoms with Gasteiger partial charge < -0.3 is 9.47 Å². The number of rotatable bonds is 2. The van der Waals surface area contributed by atoms with Crippen LogP contribution in [0.2, 0.25) is 0 Å². The number of benzene rings is 1. The summed E-state index contributed by atoms with van der Waals surface area (Å²) in [6, 6.07) is 4.25. The van der Waals surface area contributed by atoms with E-state index in [4.69, 9.17) is 9.47 Å². The second-order valence-corrected chi connectivity index (χ2v) is 4.51. The Balaban J connectivity index is 2.42. The lowest BCUT2D eigenvalue weighted by Gasteiger charge is -2.26. The molecule has 0 saturated heterocycles. The van der Waals surface area contributed by atoms with E-state index < -0.39 is 0 Å². The summed E-state index contributed by atoms with van der Waals surface area (Å²) in [7, 11) is 1.42. The molecule has 1 atom stereocenters. The molecule has 0 fully saturated rings. The van der Waals surface area contributed by atoms with Crippen LogP contribution in [0.4, 0.5) is 0 Å². The third kappa shape index (κ3) is 2.50. The van der Waals surface area contributed by atoms with Crippen LogP contribution in [-0.4, -0.2) is 19.7 Å². The Labute approximate surface area is 102 Å². The van der Waals surface area contributed by atoms with Crippen molar-refractivity contribution in [1.29, 1.82) is 0 Å². The molecular formula is C14H18O3. The number of carbonyl (C=O) groups is 1. The highest BCUT2D eigenvalue weighted by molar-refractivity contribution is 5.73. The summed E-state index contributed by atoms with van der Waals surface area (Å²) < 4.78 is 10.4. The maximum Gasteiger partial charge on any atom is 0.309 e. The Morgan fingerprint density at radius 1 is 1.53 bits per heavy atom. The summed E-state index contributed by atoms with van der Waals surface area (Å²) in [5.74, 6) is -0.199. The van der Waals surface area contributed by atoms with Crippen LogP contribution in [0.5, 0.6) is 0 Å². The topological polar surface area (TPSA) is 35.5 Å². The molecule has 0 spiro atoms. The monoisotopic (exact) mass is 234 g/mol. The van der Waals surface area contributed by atoms with E-state index in [1.807, 2.05) is 6.92 Å². The number of aryl methyl sites for hydroxylation is 1. The van der Waals surface area contributed by atoms with Crippen LogP contribution in [-0.2, 0) is 27.1 Å². The van der Waals surface area contributed by atoms with Crippen LogP contribution >= 0.6 is 0 Å². The fourth-order valence-corrected chi connectivity index (χ4v) is 2.48. The largest absolute Gasteiger partial charge is 0.469 e. The van der Waals surface area contributed by atoms with Crippen molar-refractivity contribution in [1.82, 2.24) is 0 Å². The maximum absolute atomic E-state index is 11.4. The van der Waals surface area contributed by atoms with Crippen molar-refractivity contribution in [2.24, 2.45) is 0 Å². The molecule has 17 heavy (non-hydrogen) atoms. The number of fused-ring (bicyclic) bond motifs is 1. The minimum atomic E-state index is -0.199. The molecule has 1 aliphatic rings. The van der Waals surface area contributed by atoms with E-state index in [1.165, 1.54) is 23.8 Å². The number of ether oxygens (including phenoxy) is 2. The van der Waals surface area contributed by atoms with Gasteiger partial charge in [-0.15, -0.1) is 0 Å². The lowest BCUT2D eigenvalue weighted by molar-refractivity contribution is -0.139. The Hall–Kier alpha value is -1.35. The summed E-state index contributed by atoms with van der Waals surface area (Å²) in [6.07, 6.45) is 1.32. The molecule has 0 amide bonds. The molecule has 0 saturated carbocycles. The molecule has 0 aliphatic carbocycles. The van der Waals surface area contributed by atoms with Crippen molar-refractivity contribution in [3.63, 3.8) is 0 Å². The molecule has 1 aliphatic heterocycles. The first-order chi connectivity index (χ1) is 8.11. The Morgan fingerprint density at radius 2 is 2.29 bits per heavy atom. The van der Waals surface area contributed by atoms with Gasteiger partial charge in [0.15, 0.2) is 0 Å². The van der Waals surface area contributed by atoms with Gasteiger partial charge in [-0.2, -0.15) is 0 Å². The lowest BCUT2D eigenvalue weighted by atomic mass is 9.90. The van der Waals surface area contributed by atoms with Crippen molar-refractivity contribution >= 4 is 5.97 Å². The SMILES string of the molecule is COC(=O)Cc1cc(C)cc2c1[C@H](C)OCC2. The lowest BCUT2D eigenvalue weighted by Crippen LogP contribution is -2.18. The molecule has 1 aromatic rings. The van der Waals surface area contributed by atoms with Crippen molar-refractivity contribution in [3.8, 4) is 0 Å². The zero-order chi connectivity index (χ0) is 12.4. The molecule has 0 unspecified atom stereocenters. The fourth-order valence-electron chi connectivity index (χ4n) is 2.48. The predicted molar refractivity (Wildman–Crippen MR) is 65.0 cm³/mol. The summed E-state index contributed by atoms with van der Waals surface area (Å²) in [5.41, 5.74) is 4.71. The highest BCUT2D eigenvalue weighted by atomic mass is 16.5. The van der Waals surface area contributed by atoms with Gasteiger partial charge in [0.2, 0.25) is 0 Å². The average Bonchev–Trinajstić information content (AvgIpc) is 2.28. The predicted octanol–water partition coefficient (Wildman–Crippen LogP) is 2.34. The first-order valence-electron chi connectivity index (χ1n) is 5.92. The van der Waals surface area contributed by atoms with Gasteiger partial charge in [0, 0.05) is 0 Å². The van der Waals surface area contributed by atoms with E-state index in [0.29, 0.717) is 6.42 Å². The Kier molecular flexibility index (Phi) is 3.48. The zero-order valence-corrected chi connectivity index (χ0v) is 10.6. The van der Waals surface area contributed by atoms with Gasteiger partial charge in [0.1, 0.15) is 0 Å². The van der Waals surface area contributed by atoms with Crippen molar-refractivity contribution in [2.45, 2.75) is 32.8 Å². The molecule has 2 rings (SSSR count). The number of hydrogen-bond acceptors (Lipinski definition) is 3. The van der Waals surface area contributed by atoms with Crippen LogP contribution in [0, 0.1) is 6.92 Å². The normalized spacial score (nSPS) is 18.6. The van der Waals surface area contributed by atoms with E-state index in [1.54, 1.807) is 0 Å². The third-order valence-corrected chi connectivity index (χ3v) is 3.20. The molecule has 0 N–H and O–H groups in total. The molecule has 3 heteroatoms. The minimum absolute atomic E-state index is 0.0685. The Morgan fingerprint density at radius 3 is 3.00 bits per heavy atom. The van der Waals surface area contributed by atoms with Gasteiger partial charge in [0.05, 0.1) is 26.2 Å². The van der Waals surface area contributed by atoms with Crippen LogP contribution < -0.4 is 0 Å². The van der Waals surface area contributed by atoms with Gasteiger partial charge in [-0.3, -0.25) is 4.79 Å². The van der Waals surface area contributed by atoms with Crippen molar-refractivity contribution in [3.05, 3.63) is 34.4 Å². The quantitative estimate of drug-likeness (QED) is 0.737. The van der Waals surface area contributed by atoms with Crippen LogP contribution in [0.3, 0.4) is 0 Å². The first kappa shape index (κ1) is 12.1. The second kappa shape index (κ2) is 4.88. The fraction of sp³-hybridized carbons (Fsp3) is 0.500. The number of hydrogen-bond donors (Lipinski definition) is 0. The van der Waals surface area contributed by atoms with E-state index in [2.05, 4.69) is 19.1 Å². The highest BCUT2D eigenvalue weighted by Crippen LogP contribution is 2.31.